The monoisotopic (exact) mass is 610 g/mol. The molecule has 1 saturated heterocycles. The van der Waals surface area contributed by atoms with Gasteiger partial charge in [0.25, 0.3) is 5.91 Å². The average Bonchev–Trinajstić information content (AvgIpc) is 2.80. The number of likely N-dealkylation sites (tertiary alicyclic amines) is 1. The molecule has 0 spiro atoms. The Bertz CT molecular complexity index is 1330. The van der Waals surface area contributed by atoms with Crippen molar-refractivity contribution >= 4 is 57.2 Å². The van der Waals surface area contributed by atoms with Crippen molar-refractivity contribution in [2.75, 3.05) is 35.6 Å². The smallest absolute Gasteiger partial charge is 0.256 e. The summed E-state index contributed by atoms with van der Waals surface area (Å²) in [6, 6.07) is 13.0. The van der Waals surface area contributed by atoms with Crippen LogP contribution in [-0.4, -0.2) is 47.1 Å². The Balaban J connectivity index is 1.45. The minimum Gasteiger partial charge on any atom is -0.384 e. The largest absolute Gasteiger partial charge is 0.384 e. The van der Waals surface area contributed by atoms with E-state index in [1.165, 1.54) is 24.0 Å². The quantitative estimate of drug-likeness (QED) is 0.291. The number of benzene rings is 3. The fourth-order valence-electron chi connectivity index (χ4n) is 3.84. The molecule has 1 aliphatic rings. The summed E-state index contributed by atoms with van der Waals surface area (Å²) in [5.41, 5.74) is -0.791. The van der Waals surface area contributed by atoms with Gasteiger partial charge in [-0.25, -0.2) is 13.2 Å². The molecular formula is C25H22F3IN4O3. The van der Waals surface area contributed by atoms with E-state index in [1.807, 2.05) is 22.6 Å². The molecule has 3 aromatic carbocycles. The molecule has 0 saturated carbocycles. The Morgan fingerprint density at radius 2 is 1.75 bits per heavy atom. The summed E-state index contributed by atoms with van der Waals surface area (Å²) < 4.78 is 43.5. The van der Waals surface area contributed by atoms with E-state index in [0.717, 1.165) is 12.1 Å². The average molecular weight is 610 g/mol. The Morgan fingerprint density at radius 3 is 2.44 bits per heavy atom. The van der Waals surface area contributed by atoms with Crippen LogP contribution in [0, 0.1) is 21.0 Å². The summed E-state index contributed by atoms with van der Waals surface area (Å²) in [7, 11) is 0. The van der Waals surface area contributed by atoms with E-state index >= 15 is 0 Å². The van der Waals surface area contributed by atoms with Crippen molar-refractivity contribution in [3.8, 4) is 0 Å². The van der Waals surface area contributed by atoms with Crippen molar-refractivity contribution in [1.29, 1.82) is 0 Å². The SMILES string of the molecule is CC(=O)Nc1cccc(NCC2(O)CN(C(=O)c3ccc(F)c(F)c3Nc3ccc(I)cc3F)C2)c1. The molecule has 0 bridgehead atoms. The van der Waals surface area contributed by atoms with E-state index in [2.05, 4.69) is 16.0 Å². The highest BCUT2D eigenvalue weighted by molar-refractivity contribution is 14.1. The number of hydrogen-bond donors (Lipinski definition) is 4. The Morgan fingerprint density at radius 1 is 1.03 bits per heavy atom. The van der Waals surface area contributed by atoms with Gasteiger partial charge in [0.1, 0.15) is 11.4 Å². The molecule has 1 aliphatic heterocycles. The van der Waals surface area contributed by atoms with Crippen LogP contribution in [0.4, 0.5) is 35.9 Å². The number of anilines is 4. The number of hydrogen-bond acceptors (Lipinski definition) is 5. The van der Waals surface area contributed by atoms with E-state index in [4.69, 9.17) is 0 Å². The highest BCUT2D eigenvalue weighted by Crippen LogP contribution is 2.32. The van der Waals surface area contributed by atoms with Gasteiger partial charge in [-0.2, -0.15) is 0 Å². The lowest BCUT2D eigenvalue weighted by molar-refractivity contribution is -0.114. The Kier molecular flexibility index (Phi) is 7.41. The molecule has 4 N–H and O–H groups in total. The lowest BCUT2D eigenvalue weighted by Gasteiger charge is -2.46. The second-order valence-electron chi connectivity index (χ2n) is 8.53. The second-order valence-corrected chi connectivity index (χ2v) is 9.78. The molecule has 0 aromatic heterocycles. The number of aliphatic hydroxyl groups is 1. The number of carbonyl (C=O) groups excluding carboxylic acids is 2. The number of β-amino-alcohol motifs (C(OH)–C–C–N with tert-alkyl or cyclic N) is 1. The van der Waals surface area contributed by atoms with Crippen molar-refractivity contribution < 1.29 is 27.9 Å². The minimum absolute atomic E-state index is 0.0550. The standard InChI is InChI=1S/C25H22F3IN4O3/c1-14(34)31-17-4-2-3-16(10-17)30-11-25(36)12-33(13-25)24(35)18-6-7-19(26)22(28)23(18)32-21-8-5-15(29)9-20(21)27/h2-10,30,32,36H,11-13H2,1H3,(H,31,34). The number of amides is 2. The highest BCUT2D eigenvalue weighted by Gasteiger charge is 2.44. The maximum absolute atomic E-state index is 14.7. The zero-order valence-corrected chi connectivity index (χ0v) is 21.2. The maximum Gasteiger partial charge on any atom is 0.256 e. The van der Waals surface area contributed by atoms with E-state index in [0.29, 0.717) is 14.9 Å². The summed E-state index contributed by atoms with van der Waals surface area (Å²) in [6.07, 6.45) is 0. The molecule has 4 rings (SSSR count). The predicted molar refractivity (Wildman–Crippen MR) is 139 cm³/mol. The second kappa shape index (κ2) is 10.3. The third-order valence-corrected chi connectivity index (χ3v) is 6.25. The zero-order valence-electron chi connectivity index (χ0n) is 19.0. The Labute approximate surface area is 218 Å². The zero-order chi connectivity index (χ0) is 26.0. The van der Waals surface area contributed by atoms with Gasteiger partial charge < -0.3 is 26.0 Å². The van der Waals surface area contributed by atoms with Crippen LogP contribution in [0.25, 0.3) is 0 Å². The van der Waals surface area contributed by atoms with Crippen LogP contribution in [0.15, 0.2) is 54.6 Å². The normalized spacial score (nSPS) is 14.1. The third kappa shape index (κ3) is 5.73. The van der Waals surface area contributed by atoms with Gasteiger partial charge in [0.15, 0.2) is 11.6 Å². The highest BCUT2D eigenvalue weighted by atomic mass is 127. The molecule has 1 fully saturated rings. The molecule has 0 unspecified atom stereocenters. The predicted octanol–water partition coefficient (Wildman–Crippen LogP) is 4.71. The molecule has 2 amide bonds. The number of rotatable bonds is 7. The number of nitrogens with zero attached hydrogens (tertiary/aromatic N) is 1. The lowest BCUT2D eigenvalue weighted by atomic mass is 9.92. The fraction of sp³-hybridized carbons (Fsp3) is 0.200. The van der Waals surface area contributed by atoms with Crippen LogP contribution in [-0.2, 0) is 4.79 Å². The van der Waals surface area contributed by atoms with Gasteiger partial charge >= 0.3 is 0 Å². The molecular weight excluding hydrogens is 588 g/mol. The van der Waals surface area contributed by atoms with E-state index < -0.39 is 34.6 Å². The summed E-state index contributed by atoms with van der Waals surface area (Å²) in [4.78, 5) is 25.6. The molecule has 0 radical (unpaired) electrons. The maximum atomic E-state index is 14.7. The number of carbonyl (C=O) groups is 2. The van der Waals surface area contributed by atoms with Crippen molar-refractivity contribution in [3.05, 3.63) is 81.2 Å². The van der Waals surface area contributed by atoms with Gasteiger partial charge in [-0.3, -0.25) is 9.59 Å². The van der Waals surface area contributed by atoms with Crippen LogP contribution < -0.4 is 16.0 Å². The number of nitrogens with one attached hydrogen (secondary N) is 3. The van der Waals surface area contributed by atoms with Crippen molar-refractivity contribution in [2.45, 2.75) is 12.5 Å². The summed E-state index contributed by atoms with van der Waals surface area (Å²) in [5.74, 6) is -4.04. The first-order valence-electron chi connectivity index (χ1n) is 10.9. The van der Waals surface area contributed by atoms with Gasteiger partial charge in [-0.1, -0.05) is 6.07 Å². The van der Waals surface area contributed by atoms with Crippen LogP contribution in [0.3, 0.4) is 0 Å². The van der Waals surface area contributed by atoms with Gasteiger partial charge in [0.05, 0.1) is 30.0 Å². The molecule has 0 atom stereocenters. The molecule has 7 nitrogen and oxygen atoms in total. The van der Waals surface area contributed by atoms with Crippen LogP contribution in [0.1, 0.15) is 17.3 Å². The lowest BCUT2D eigenvalue weighted by Crippen LogP contribution is -2.66. The first kappa shape index (κ1) is 25.8. The molecule has 36 heavy (non-hydrogen) atoms. The van der Waals surface area contributed by atoms with Crippen LogP contribution in [0.5, 0.6) is 0 Å². The van der Waals surface area contributed by atoms with Crippen LogP contribution in [0.2, 0.25) is 0 Å². The summed E-state index contributed by atoms with van der Waals surface area (Å²) in [6.45, 7) is 1.39. The van der Waals surface area contributed by atoms with Gasteiger partial charge in [-0.05, 0) is 71.1 Å². The van der Waals surface area contributed by atoms with E-state index in [1.54, 1.807) is 30.3 Å². The van der Waals surface area contributed by atoms with Gasteiger partial charge in [0.2, 0.25) is 5.91 Å². The third-order valence-electron chi connectivity index (χ3n) is 5.58. The van der Waals surface area contributed by atoms with Crippen molar-refractivity contribution in [1.82, 2.24) is 4.90 Å². The molecule has 188 valence electrons. The molecule has 11 heteroatoms. The number of halogens is 4. The van der Waals surface area contributed by atoms with Gasteiger partial charge in [-0.15, -0.1) is 0 Å². The Hall–Kier alpha value is -3.32. The van der Waals surface area contributed by atoms with Crippen molar-refractivity contribution in [2.24, 2.45) is 0 Å². The van der Waals surface area contributed by atoms with Crippen LogP contribution >= 0.6 is 22.6 Å². The van der Waals surface area contributed by atoms with Crippen molar-refractivity contribution in [3.63, 3.8) is 0 Å². The van der Waals surface area contributed by atoms with E-state index in [9.17, 15) is 27.9 Å². The first-order chi connectivity index (χ1) is 17.0. The molecule has 3 aromatic rings. The minimum atomic E-state index is -1.31. The summed E-state index contributed by atoms with van der Waals surface area (Å²) >= 11 is 1.92. The van der Waals surface area contributed by atoms with Gasteiger partial charge in [0, 0.05) is 28.4 Å². The first-order valence-corrected chi connectivity index (χ1v) is 12.0. The molecule has 1 heterocycles. The molecule has 0 aliphatic carbocycles. The summed E-state index contributed by atoms with van der Waals surface area (Å²) in [5, 5.41) is 19.0. The topological polar surface area (TPSA) is 93.7 Å². The van der Waals surface area contributed by atoms with E-state index in [-0.39, 0.29) is 36.8 Å². The fourth-order valence-corrected chi connectivity index (χ4v) is 4.30.